The smallest absolute Gasteiger partial charge is 0.239 e. The molecule has 0 radical (unpaired) electrons. The van der Waals surface area contributed by atoms with E-state index in [1.165, 1.54) is 0 Å². The summed E-state index contributed by atoms with van der Waals surface area (Å²) in [5.41, 5.74) is 0.942. The third kappa shape index (κ3) is 4.88. The fourth-order valence-corrected chi connectivity index (χ4v) is 3.68. The molecule has 0 aliphatic carbocycles. The summed E-state index contributed by atoms with van der Waals surface area (Å²) in [5.74, 6) is -0.0429. The Bertz CT molecular complexity index is 671. The number of amides is 2. The maximum atomic E-state index is 12.2. The molecule has 2 unspecified atom stereocenters. The van der Waals surface area contributed by atoms with Crippen molar-refractivity contribution in [3.05, 3.63) is 33.8 Å². The molecule has 6 nitrogen and oxygen atoms in total. The van der Waals surface area contributed by atoms with Crippen LogP contribution >= 0.6 is 23.2 Å². The molecule has 2 N–H and O–H groups in total. The summed E-state index contributed by atoms with van der Waals surface area (Å²) >= 11 is 12.2. The molecule has 0 spiro atoms. The second kappa shape index (κ2) is 9.04. The van der Waals surface area contributed by atoms with Gasteiger partial charge in [-0.15, -0.1) is 0 Å². The Morgan fingerprint density at radius 1 is 1.35 bits per heavy atom. The minimum atomic E-state index is -0.187. The molecule has 3 rings (SSSR count). The van der Waals surface area contributed by atoms with Crippen molar-refractivity contribution in [3.63, 3.8) is 0 Å². The van der Waals surface area contributed by atoms with Crippen LogP contribution in [0.25, 0.3) is 0 Å². The molecule has 142 valence electrons. The quantitative estimate of drug-likeness (QED) is 0.794. The lowest BCUT2D eigenvalue weighted by Gasteiger charge is -2.26. The average Bonchev–Trinajstić information content (AvgIpc) is 2.88. The van der Waals surface area contributed by atoms with Crippen LogP contribution in [0.5, 0.6) is 0 Å². The van der Waals surface area contributed by atoms with Crippen LogP contribution in [0.15, 0.2) is 18.2 Å². The first-order valence-electron chi connectivity index (χ1n) is 8.86. The monoisotopic (exact) mass is 399 g/mol. The first-order valence-corrected chi connectivity index (χ1v) is 9.62. The number of benzene rings is 1. The zero-order valence-electron chi connectivity index (χ0n) is 14.5. The second-order valence-electron chi connectivity index (χ2n) is 6.65. The summed E-state index contributed by atoms with van der Waals surface area (Å²) < 4.78 is 6.00. The lowest BCUT2D eigenvalue weighted by molar-refractivity contribution is -0.133. The average molecular weight is 400 g/mol. The van der Waals surface area contributed by atoms with E-state index in [1.807, 2.05) is 12.1 Å². The number of rotatable bonds is 5. The molecule has 26 heavy (non-hydrogen) atoms. The van der Waals surface area contributed by atoms with Gasteiger partial charge < -0.3 is 20.3 Å². The number of carbonyl (C=O) groups is 2. The zero-order valence-corrected chi connectivity index (χ0v) is 16.0. The molecule has 0 aromatic heterocycles. The fraction of sp³-hybridized carbons (Fsp3) is 0.556. The van der Waals surface area contributed by atoms with Crippen LogP contribution in [-0.2, 0) is 14.3 Å². The van der Waals surface area contributed by atoms with Crippen molar-refractivity contribution in [2.45, 2.75) is 18.9 Å². The SMILES string of the molecule is O=C(CN1CCCC1=O)NCC1CNCCOC1c1ccc(Cl)c(Cl)c1. The van der Waals surface area contributed by atoms with E-state index in [-0.39, 0.29) is 30.4 Å². The molecule has 1 aromatic carbocycles. The Balaban J connectivity index is 1.62. The van der Waals surface area contributed by atoms with Gasteiger partial charge >= 0.3 is 0 Å². The van der Waals surface area contributed by atoms with Crippen LogP contribution in [-0.4, -0.2) is 56.0 Å². The van der Waals surface area contributed by atoms with Crippen molar-refractivity contribution in [2.75, 3.05) is 39.3 Å². The van der Waals surface area contributed by atoms with Crippen molar-refractivity contribution in [1.82, 2.24) is 15.5 Å². The predicted molar refractivity (Wildman–Crippen MR) is 100 cm³/mol. The Morgan fingerprint density at radius 3 is 2.92 bits per heavy atom. The van der Waals surface area contributed by atoms with Crippen LogP contribution in [0.4, 0.5) is 0 Å². The number of hydrogen-bond acceptors (Lipinski definition) is 4. The van der Waals surface area contributed by atoms with Gasteiger partial charge in [-0.05, 0) is 24.1 Å². The highest BCUT2D eigenvalue weighted by molar-refractivity contribution is 6.42. The summed E-state index contributed by atoms with van der Waals surface area (Å²) in [6.45, 7) is 3.29. The van der Waals surface area contributed by atoms with Crippen molar-refractivity contribution in [3.8, 4) is 0 Å². The van der Waals surface area contributed by atoms with Crippen molar-refractivity contribution in [2.24, 2.45) is 5.92 Å². The van der Waals surface area contributed by atoms with Crippen LogP contribution < -0.4 is 10.6 Å². The van der Waals surface area contributed by atoms with Crippen LogP contribution in [0, 0.1) is 5.92 Å². The summed E-state index contributed by atoms with van der Waals surface area (Å²) in [4.78, 5) is 25.5. The number of carbonyl (C=O) groups excluding carboxylic acids is 2. The number of likely N-dealkylation sites (tertiary alicyclic amines) is 1. The molecule has 2 aliphatic heterocycles. The van der Waals surface area contributed by atoms with Crippen LogP contribution in [0.2, 0.25) is 10.0 Å². The van der Waals surface area contributed by atoms with E-state index in [4.69, 9.17) is 27.9 Å². The predicted octanol–water partition coefficient (Wildman–Crippen LogP) is 2.01. The zero-order chi connectivity index (χ0) is 18.5. The van der Waals surface area contributed by atoms with Crippen molar-refractivity contribution >= 4 is 35.0 Å². The molecule has 2 atom stereocenters. The van der Waals surface area contributed by atoms with E-state index in [0.717, 1.165) is 18.5 Å². The van der Waals surface area contributed by atoms with Crippen molar-refractivity contribution < 1.29 is 14.3 Å². The number of hydrogen-bond donors (Lipinski definition) is 2. The lowest BCUT2D eigenvalue weighted by Crippen LogP contribution is -2.42. The minimum absolute atomic E-state index is 0.0490. The summed E-state index contributed by atoms with van der Waals surface area (Å²) in [5, 5.41) is 7.26. The fourth-order valence-electron chi connectivity index (χ4n) is 3.37. The Labute approximate surface area is 163 Å². The van der Waals surface area contributed by atoms with Gasteiger partial charge in [-0.1, -0.05) is 29.3 Å². The van der Waals surface area contributed by atoms with E-state index >= 15 is 0 Å². The van der Waals surface area contributed by atoms with Crippen LogP contribution in [0.3, 0.4) is 0 Å². The second-order valence-corrected chi connectivity index (χ2v) is 7.47. The third-order valence-electron chi connectivity index (χ3n) is 4.75. The summed E-state index contributed by atoms with van der Waals surface area (Å²) in [7, 11) is 0. The number of nitrogens with one attached hydrogen (secondary N) is 2. The largest absolute Gasteiger partial charge is 0.372 e. The van der Waals surface area contributed by atoms with Gasteiger partial charge in [0, 0.05) is 38.5 Å². The highest BCUT2D eigenvalue weighted by Gasteiger charge is 2.28. The number of nitrogens with zero attached hydrogens (tertiary/aromatic N) is 1. The topological polar surface area (TPSA) is 70.7 Å². The maximum absolute atomic E-state index is 12.2. The first kappa shape index (κ1) is 19.4. The van der Waals surface area contributed by atoms with Gasteiger partial charge in [0.2, 0.25) is 11.8 Å². The highest BCUT2D eigenvalue weighted by atomic mass is 35.5. The van der Waals surface area contributed by atoms with E-state index < -0.39 is 0 Å². The van der Waals surface area contributed by atoms with Gasteiger partial charge in [0.1, 0.15) is 0 Å². The molecule has 2 heterocycles. The number of ether oxygens (including phenoxy) is 1. The first-order chi connectivity index (χ1) is 12.5. The molecule has 2 saturated heterocycles. The van der Waals surface area contributed by atoms with Crippen molar-refractivity contribution in [1.29, 1.82) is 0 Å². The van der Waals surface area contributed by atoms with Gasteiger partial charge in [-0.3, -0.25) is 9.59 Å². The Morgan fingerprint density at radius 2 is 2.19 bits per heavy atom. The van der Waals surface area contributed by atoms with E-state index in [1.54, 1.807) is 11.0 Å². The maximum Gasteiger partial charge on any atom is 0.239 e. The molecule has 0 saturated carbocycles. The molecule has 1 aromatic rings. The molecule has 8 heteroatoms. The molecular formula is C18H23Cl2N3O3. The molecule has 2 aliphatic rings. The van der Waals surface area contributed by atoms with E-state index in [9.17, 15) is 9.59 Å². The molecule has 0 bridgehead atoms. The van der Waals surface area contributed by atoms with Gasteiger partial charge in [0.05, 0.1) is 29.3 Å². The van der Waals surface area contributed by atoms with E-state index in [0.29, 0.717) is 42.7 Å². The Kier molecular flexibility index (Phi) is 6.75. The van der Waals surface area contributed by atoms with Gasteiger partial charge in [-0.2, -0.15) is 0 Å². The summed E-state index contributed by atoms with van der Waals surface area (Å²) in [6.07, 6.45) is 1.17. The lowest BCUT2D eigenvalue weighted by atomic mass is 9.95. The molecule has 2 amide bonds. The molecule has 2 fully saturated rings. The minimum Gasteiger partial charge on any atom is -0.372 e. The van der Waals surface area contributed by atoms with Gasteiger partial charge in [0.15, 0.2) is 0 Å². The van der Waals surface area contributed by atoms with E-state index in [2.05, 4.69) is 10.6 Å². The van der Waals surface area contributed by atoms with Gasteiger partial charge in [-0.25, -0.2) is 0 Å². The number of halogens is 2. The Hall–Kier alpha value is -1.34. The highest BCUT2D eigenvalue weighted by Crippen LogP contribution is 2.31. The van der Waals surface area contributed by atoms with Crippen LogP contribution in [0.1, 0.15) is 24.5 Å². The normalized spacial score (nSPS) is 23.8. The molecular weight excluding hydrogens is 377 g/mol. The third-order valence-corrected chi connectivity index (χ3v) is 5.49. The summed E-state index contributed by atoms with van der Waals surface area (Å²) in [6, 6.07) is 5.48. The van der Waals surface area contributed by atoms with Gasteiger partial charge in [0.25, 0.3) is 0 Å². The standard InChI is InChI=1S/C18H23Cl2N3O3/c19-14-4-3-12(8-15(14)20)18-13(9-21-5-7-26-18)10-22-16(24)11-23-6-1-2-17(23)25/h3-4,8,13,18,21H,1-2,5-7,9-11H2,(H,22,24).